The summed E-state index contributed by atoms with van der Waals surface area (Å²) < 4.78 is 31.6. The highest BCUT2D eigenvalue weighted by Gasteiger charge is 2.12. The van der Waals surface area contributed by atoms with E-state index in [0.717, 1.165) is 0 Å². The third-order valence-electron chi connectivity index (χ3n) is 2.75. The summed E-state index contributed by atoms with van der Waals surface area (Å²) in [5.41, 5.74) is 0.628. The molecule has 0 bridgehead atoms. The van der Waals surface area contributed by atoms with Crippen LogP contribution < -0.4 is 4.74 Å². The summed E-state index contributed by atoms with van der Waals surface area (Å²) in [6, 6.07) is 6.03. The molecule has 0 atom stereocenters. The van der Waals surface area contributed by atoms with Crippen LogP contribution in [0, 0.1) is 0 Å². The number of alkyl halides is 2. The first-order valence-corrected chi connectivity index (χ1v) is 7.29. The summed E-state index contributed by atoms with van der Waals surface area (Å²) in [7, 11) is 1.73. The van der Waals surface area contributed by atoms with Gasteiger partial charge >= 0.3 is 6.61 Å². The highest BCUT2D eigenvalue weighted by molar-refractivity contribution is 7.98. The van der Waals surface area contributed by atoms with Crippen LogP contribution in [0.4, 0.5) is 8.78 Å². The maximum absolute atomic E-state index is 12.1. The smallest absolute Gasteiger partial charge is 0.387 e. The zero-order chi connectivity index (χ0) is 16.2. The molecule has 0 saturated carbocycles. The number of aromatic nitrogens is 8. The molecule has 23 heavy (non-hydrogen) atoms. The van der Waals surface area contributed by atoms with Crippen LogP contribution in [0.2, 0.25) is 0 Å². The van der Waals surface area contributed by atoms with Crippen molar-refractivity contribution in [2.75, 3.05) is 0 Å². The molecule has 0 amide bonds. The van der Waals surface area contributed by atoms with Crippen molar-refractivity contribution in [1.29, 1.82) is 0 Å². The van der Waals surface area contributed by atoms with Crippen molar-refractivity contribution in [3.8, 4) is 11.4 Å². The lowest BCUT2D eigenvalue weighted by molar-refractivity contribution is -0.0498. The van der Waals surface area contributed by atoms with E-state index in [1.807, 2.05) is 0 Å². The fourth-order valence-corrected chi connectivity index (χ4v) is 2.49. The third kappa shape index (κ3) is 3.59. The number of benzene rings is 1. The summed E-state index contributed by atoms with van der Waals surface area (Å²) in [5.74, 6) is 1.08. The van der Waals surface area contributed by atoms with Crippen molar-refractivity contribution >= 4 is 11.8 Å². The molecule has 9 nitrogen and oxygen atoms in total. The number of aryl methyl sites for hydroxylation is 1. The molecule has 0 unspecified atom stereocenters. The normalized spacial score (nSPS) is 11.1. The first kappa shape index (κ1) is 15.3. The van der Waals surface area contributed by atoms with Gasteiger partial charge in [-0.2, -0.15) is 13.5 Å². The molecule has 3 aromatic rings. The monoisotopic (exact) mass is 340 g/mol. The lowest BCUT2D eigenvalue weighted by Gasteiger charge is -2.07. The molecule has 0 N–H and O–H groups in total. The van der Waals surface area contributed by atoms with Gasteiger partial charge in [0.15, 0.2) is 5.82 Å². The molecular weight excluding hydrogens is 330 g/mol. The number of nitrogens with zero attached hydrogens (tertiary/aromatic N) is 8. The van der Waals surface area contributed by atoms with E-state index in [1.165, 1.54) is 33.3 Å². The van der Waals surface area contributed by atoms with Crippen LogP contribution in [0.25, 0.3) is 5.69 Å². The molecule has 120 valence electrons. The highest BCUT2D eigenvalue weighted by atomic mass is 32.2. The van der Waals surface area contributed by atoms with E-state index in [9.17, 15) is 8.78 Å². The molecule has 0 aliphatic rings. The van der Waals surface area contributed by atoms with Gasteiger partial charge in [-0.25, -0.2) is 4.68 Å². The average molecular weight is 340 g/mol. The fourth-order valence-electron chi connectivity index (χ4n) is 1.74. The lowest BCUT2D eigenvalue weighted by atomic mass is 10.3. The topological polar surface area (TPSA) is 96.4 Å². The largest absolute Gasteiger partial charge is 0.435 e. The second-order valence-electron chi connectivity index (χ2n) is 4.25. The number of thioether (sulfide) groups is 1. The second kappa shape index (κ2) is 6.64. The fraction of sp³-hybridized carbons (Fsp3) is 0.273. The van der Waals surface area contributed by atoms with Gasteiger partial charge in [0, 0.05) is 7.05 Å². The molecule has 2 heterocycles. The van der Waals surface area contributed by atoms with Gasteiger partial charge in [0.05, 0.1) is 11.4 Å². The highest BCUT2D eigenvalue weighted by Crippen LogP contribution is 2.21. The van der Waals surface area contributed by atoms with E-state index in [-0.39, 0.29) is 5.75 Å². The van der Waals surface area contributed by atoms with Gasteiger partial charge in [-0.05, 0) is 45.1 Å². The van der Waals surface area contributed by atoms with Gasteiger partial charge in [-0.1, -0.05) is 11.8 Å². The molecule has 2 aromatic heterocycles. The Morgan fingerprint density at radius 3 is 2.52 bits per heavy atom. The number of hydrogen-bond donors (Lipinski definition) is 0. The Kier molecular flexibility index (Phi) is 4.41. The van der Waals surface area contributed by atoms with Crippen LogP contribution in [0.15, 0.2) is 29.4 Å². The molecule has 0 radical (unpaired) electrons. The molecule has 3 rings (SSSR count). The molecule has 0 fully saturated rings. The standard InChI is InChI=1S/C11H10F2N8OS/c1-20-11(15-17-18-20)23-6-9-14-16-19-21(9)7-2-4-8(5-3-7)22-10(12)13/h2-5,10H,6H2,1H3. The minimum Gasteiger partial charge on any atom is -0.435 e. The Morgan fingerprint density at radius 2 is 1.87 bits per heavy atom. The minimum absolute atomic E-state index is 0.0675. The summed E-state index contributed by atoms with van der Waals surface area (Å²) in [4.78, 5) is 0. The summed E-state index contributed by atoms with van der Waals surface area (Å²) in [6.45, 7) is -2.86. The van der Waals surface area contributed by atoms with E-state index >= 15 is 0 Å². The van der Waals surface area contributed by atoms with Gasteiger partial charge in [0.2, 0.25) is 5.16 Å². The molecule has 0 aliphatic carbocycles. The SMILES string of the molecule is Cn1nnnc1SCc1nnnn1-c1ccc(OC(F)F)cc1. The molecule has 12 heteroatoms. The van der Waals surface area contributed by atoms with E-state index < -0.39 is 6.61 Å². The summed E-state index contributed by atoms with van der Waals surface area (Å²) >= 11 is 1.37. The lowest BCUT2D eigenvalue weighted by Crippen LogP contribution is -2.04. The Balaban J connectivity index is 1.74. The zero-order valence-corrected chi connectivity index (χ0v) is 12.6. The van der Waals surface area contributed by atoms with Crippen LogP contribution in [0.1, 0.15) is 5.82 Å². The predicted octanol–water partition coefficient (Wildman–Crippen LogP) is 1.08. The van der Waals surface area contributed by atoms with Crippen molar-refractivity contribution in [3.63, 3.8) is 0 Å². The Bertz CT molecular complexity index is 774. The number of hydrogen-bond acceptors (Lipinski definition) is 8. The summed E-state index contributed by atoms with van der Waals surface area (Å²) in [5, 5.41) is 23.2. The van der Waals surface area contributed by atoms with E-state index in [0.29, 0.717) is 22.4 Å². The van der Waals surface area contributed by atoms with Crippen molar-refractivity contribution in [2.45, 2.75) is 17.5 Å². The third-order valence-corrected chi connectivity index (χ3v) is 3.76. The Labute approximate surface area is 132 Å². The van der Waals surface area contributed by atoms with Crippen molar-refractivity contribution in [3.05, 3.63) is 30.1 Å². The molecule has 0 aliphatic heterocycles. The number of halogens is 2. The number of ether oxygens (including phenoxy) is 1. The second-order valence-corrected chi connectivity index (χ2v) is 5.20. The molecule has 1 aromatic carbocycles. The van der Waals surface area contributed by atoms with E-state index in [2.05, 4.69) is 35.8 Å². The van der Waals surface area contributed by atoms with Crippen molar-refractivity contribution in [1.82, 2.24) is 40.4 Å². The van der Waals surface area contributed by atoms with Crippen LogP contribution >= 0.6 is 11.8 Å². The summed E-state index contributed by atoms with van der Waals surface area (Å²) in [6.07, 6.45) is 0. The van der Waals surface area contributed by atoms with Crippen molar-refractivity contribution < 1.29 is 13.5 Å². The van der Waals surface area contributed by atoms with E-state index in [1.54, 1.807) is 19.2 Å². The quantitative estimate of drug-likeness (QED) is 0.615. The van der Waals surface area contributed by atoms with Crippen LogP contribution in [0.5, 0.6) is 5.75 Å². The minimum atomic E-state index is -2.86. The van der Waals surface area contributed by atoms with Crippen LogP contribution in [-0.4, -0.2) is 47.0 Å². The van der Waals surface area contributed by atoms with Gasteiger partial charge < -0.3 is 4.74 Å². The van der Waals surface area contributed by atoms with Gasteiger partial charge in [0.1, 0.15) is 5.75 Å². The maximum Gasteiger partial charge on any atom is 0.387 e. The number of rotatable bonds is 6. The van der Waals surface area contributed by atoms with Gasteiger partial charge in [0.25, 0.3) is 0 Å². The average Bonchev–Trinajstić information content (AvgIpc) is 3.14. The van der Waals surface area contributed by atoms with Crippen LogP contribution in [0.3, 0.4) is 0 Å². The Morgan fingerprint density at radius 1 is 1.13 bits per heavy atom. The Hall–Kier alpha value is -2.63. The maximum atomic E-state index is 12.1. The predicted molar refractivity (Wildman–Crippen MR) is 74.1 cm³/mol. The van der Waals surface area contributed by atoms with Crippen molar-refractivity contribution in [2.24, 2.45) is 7.05 Å². The van der Waals surface area contributed by atoms with Gasteiger partial charge in [-0.15, -0.1) is 10.2 Å². The molecule has 0 spiro atoms. The van der Waals surface area contributed by atoms with E-state index in [4.69, 9.17) is 0 Å². The number of tetrazole rings is 2. The molecule has 0 saturated heterocycles. The first-order chi connectivity index (χ1) is 11.1. The molecular formula is C11H10F2N8OS. The zero-order valence-electron chi connectivity index (χ0n) is 11.7. The van der Waals surface area contributed by atoms with Crippen LogP contribution in [-0.2, 0) is 12.8 Å². The van der Waals surface area contributed by atoms with Gasteiger partial charge in [-0.3, -0.25) is 0 Å². The first-order valence-electron chi connectivity index (χ1n) is 6.31.